The fraction of sp³-hybridized carbons (Fsp3) is 0.143. The highest BCUT2D eigenvalue weighted by atomic mass is 79.9. The van der Waals surface area contributed by atoms with E-state index in [9.17, 15) is 9.90 Å². The summed E-state index contributed by atoms with van der Waals surface area (Å²) in [6.45, 7) is 1.86. The van der Waals surface area contributed by atoms with Gasteiger partial charge in [-0.25, -0.2) is 5.43 Å². The van der Waals surface area contributed by atoms with Crippen LogP contribution in [-0.2, 0) is 4.79 Å². The summed E-state index contributed by atoms with van der Waals surface area (Å²) in [7, 11) is 0. The summed E-state index contributed by atoms with van der Waals surface area (Å²) in [5.74, 6) is 0.298. The van der Waals surface area contributed by atoms with Gasteiger partial charge in [-0.1, -0.05) is 53.2 Å². The molecule has 0 bridgehead atoms. The first kappa shape index (κ1) is 20.4. The number of hydrogen-bond donors (Lipinski definition) is 2. The van der Waals surface area contributed by atoms with Gasteiger partial charge >= 0.3 is 0 Å². The second-order valence-corrected chi connectivity index (χ2v) is 7.76. The Morgan fingerprint density at radius 2 is 2.00 bits per heavy atom. The van der Waals surface area contributed by atoms with Crippen molar-refractivity contribution in [1.82, 2.24) is 5.43 Å². The molecule has 0 saturated carbocycles. The number of phenolic OH excluding ortho intramolecular Hbond substituents is 1. The SMILES string of the molecule is CCC(Oc1ccc2ccccc2c1Br)C(=O)N/N=C/c1cc(Br)ccc1O. The molecule has 0 saturated heterocycles. The predicted molar refractivity (Wildman–Crippen MR) is 118 cm³/mol. The van der Waals surface area contributed by atoms with Crippen molar-refractivity contribution in [3.63, 3.8) is 0 Å². The summed E-state index contributed by atoms with van der Waals surface area (Å²) >= 11 is 6.90. The first-order chi connectivity index (χ1) is 13.5. The summed E-state index contributed by atoms with van der Waals surface area (Å²) in [6, 6.07) is 16.7. The molecule has 1 atom stereocenters. The third-order valence-corrected chi connectivity index (χ3v) is 5.44. The van der Waals surface area contributed by atoms with Gasteiger partial charge in [-0.2, -0.15) is 5.10 Å². The maximum Gasteiger partial charge on any atom is 0.281 e. The first-order valence-corrected chi connectivity index (χ1v) is 10.2. The van der Waals surface area contributed by atoms with Crippen LogP contribution in [0.5, 0.6) is 11.5 Å². The fourth-order valence-corrected chi connectivity index (χ4v) is 3.61. The van der Waals surface area contributed by atoms with Crippen molar-refractivity contribution in [2.75, 3.05) is 0 Å². The monoisotopic (exact) mass is 504 g/mol. The quantitative estimate of drug-likeness (QED) is 0.349. The highest BCUT2D eigenvalue weighted by Gasteiger charge is 2.19. The predicted octanol–water partition coefficient (Wildman–Crippen LogP) is 5.38. The lowest BCUT2D eigenvalue weighted by atomic mass is 10.1. The maximum atomic E-state index is 12.5. The van der Waals surface area contributed by atoms with Gasteiger partial charge in [-0.3, -0.25) is 4.79 Å². The number of carbonyl (C=O) groups is 1. The molecule has 3 aromatic rings. The molecule has 1 unspecified atom stereocenters. The average molecular weight is 506 g/mol. The highest BCUT2D eigenvalue weighted by Crippen LogP contribution is 2.33. The Kier molecular flexibility index (Phi) is 6.70. The molecule has 0 fully saturated rings. The summed E-state index contributed by atoms with van der Waals surface area (Å²) in [5.41, 5.74) is 2.96. The van der Waals surface area contributed by atoms with E-state index in [2.05, 4.69) is 42.4 Å². The van der Waals surface area contributed by atoms with Gasteiger partial charge in [-0.15, -0.1) is 0 Å². The van der Waals surface area contributed by atoms with Crippen LogP contribution in [0.15, 0.2) is 68.6 Å². The minimum atomic E-state index is -0.703. The number of benzene rings is 3. The van der Waals surface area contributed by atoms with Crippen LogP contribution in [0.25, 0.3) is 10.8 Å². The van der Waals surface area contributed by atoms with Gasteiger partial charge in [0.1, 0.15) is 11.5 Å². The van der Waals surface area contributed by atoms with Crippen LogP contribution in [0.4, 0.5) is 0 Å². The topological polar surface area (TPSA) is 70.9 Å². The largest absolute Gasteiger partial charge is 0.507 e. The Labute approximate surface area is 179 Å². The molecule has 1 amide bonds. The Morgan fingerprint density at radius 1 is 1.21 bits per heavy atom. The van der Waals surface area contributed by atoms with Crippen molar-refractivity contribution < 1.29 is 14.6 Å². The number of nitrogens with one attached hydrogen (secondary N) is 1. The molecule has 3 aromatic carbocycles. The Morgan fingerprint density at radius 3 is 2.79 bits per heavy atom. The number of hydrogen-bond acceptors (Lipinski definition) is 4. The van der Waals surface area contributed by atoms with Crippen LogP contribution in [0.3, 0.4) is 0 Å². The molecule has 2 N–H and O–H groups in total. The number of fused-ring (bicyclic) bond motifs is 1. The second kappa shape index (κ2) is 9.21. The van der Waals surface area contributed by atoms with Gasteiger partial charge in [0.05, 0.1) is 10.7 Å². The van der Waals surface area contributed by atoms with Crippen molar-refractivity contribution in [3.05, 3.63) is 69.1 Å². The molecule has 5 nitrogen and oxygen atoms in total. The number of hydrazone groups is 1. The van der Waals surface area contributed by atoms with Crippen molar-refractivity contribution >= 4 is 54.8 Å². The van der Waals surface area contributed by atoms with Crippen LogP contribution in [0.2, 0.25) is 0 Å². The van der Waals surface area contributed by atoms with Crippen LogP contribution in [0.1, 0.15) is 18.9 Å². The smallest absolute Gasteiger partial charge is 0.281 e. The number of nitrogens with zero attached hydrogens (tertiary/aromatic N) is 1. The van der Waals surface area contributed by atoms with E-state index in [1.165, 1.54) is 6.21 Å². The molecular formula is C21H18Br2N2O3. The maximum absolute atomic E-state index is 12.5. The zero-order chi connectivity index (χ0) is 20.1. The number of ether oxygens (including phenoxy) is 1. The van der Waals surface area contributed by atoms with Crippen molar-refractivity contribution in [1.29, 1.82) is 0 Å². The van der Waals surface area contributed by atoms with E-state index in [4.69, 9.17) is 4.74 Å². The Hall–Kier alpha value is -2.38. The number of halogens is 2. The Bertz CT molecular complexity index is 1040. The fourth-order valence-electron chi connectivity index (χ4n) is 2.65. The van der Waals surface area contributed by atoms with Gasteiger partial charge in [0.25, 0.3) is 5.91 Å². The van der Waals surface area contributed by atoms with E-state index < -0.39 is 6.10 Å². The molecule has 0 aromatic heterocycles. The second-order valence-electron chi connectivity index (χ2n) is 6.05. The minimum Gasteiger partial charge on any atom is -0.507 e. The molecule has 0 heterocycles. The molecule has 28 heavy (non-hydrogen) atoms. The van der Waals surface area contributed by atoms with Crippen molar-refractivity contribution in [2.45, 2.75) is 19.4 Å². The lowest BCUT2D eigenvalue weighted by molar-refractivity contribution is -0.128. The minimum absolute atomic E-state index is 0.0737. The molecule has 144 valence electrons. The van der Waals surface area contributed by atoms with E-state index in [0.717, 1.165) is 19.7 Å². The van der Waals surface area contributed by atoms with E-state index in [0.29, 0.717) is 17.7 Å². The van der Waals surface area contributed by atoms with Gasteiger partial charge in [-0.05, 0) is 57.4 Å². The van der Waals surface area contributed by atoms with Crippen LogP contribution in [-0.4, -0.2) is 23.3 Å². The number of phenols is 1. The lowest BCUT2D eigenvalue weighted by Crippen LogP contribution is -2.35. The first-order valence-electron chi connectivity index (χ1n) is 8.65. The summed E-state index contributed by atoms with van der Waals surface area (Å²) < 4.78 is 7.53. The zero-order valence-corrected chi connectivity index (χ0v) is 18.2. The number of rotatable bonds is 6. The molecule has 7 heteroatoms. The molecule has 0 aliphatic heterocycles. The van der Waals surface area contributed by atoms with E-state index >= 15 is 0 Å². The molecule has 0 aliphatic carbocycles. The lowest BCUT2D eigenvalue weighted by Gasteiger charge is -2.17. The third-order valence-electron chi connectivity index (χ3n) is 4.13. The molecule has 0 radical (unpaired) electrons. The average Bonchev–Trinajstić information content (AvgIpc) is 2.70. The Balaban J connectivity index is 1.71. The van der Waals surface area contributed by atoms with Crippen LogP contribution < -0.4 is 10.2 Å². The van der Waals surface area contributed by atoms with Crippen LogP contribution >= 0.6 is 31.9 Å². The number of amides is 1. The summed E-state index contributed by atoms with van der Waals surface area (Å²) in [6.07, 6.45) is 1.16. The molecular weight excluding hydrogens is 488 g/mol. The molecule has 0 spiro atoms. The van der Waals surface area contributed by atoms with E-state index in [1.54, 1.807) is 18.2 Å². The van der Waals surface area contributed by atoms with Crippen molar-refractivity contribution in [3.8, 4) is 11.5 Å². The molecule has 0 aliphatic rings. The molecule has 3 rings (SSSR count). The summed E-state index contributed by atoms with van der Waals surface area (Å²) in [4.78, 5) is 12.5. The van der Waals surface area contributed by atoms with Gasteiger partial charge < -0.3 is 9.84 Å². The van der Waals surface area contributed by atoms with E-state index in [-0.39, 0.29) is 11.7 Å². The normalized spacial score (nSPS) is 12.2. The zero-order valence-electron chi connectivity index (χ0n) is 15.0. The number of aromatic hydroxyl groups is 1. The van der Waals surface area contributed by atoms with Crippen molar-refractivity contribution in [2.24, 2.45) is 5.10 Å². The number of carbonyl (C=O) groups excluding carboxylic acids is 1. The third kappa shape index (κ3) is 4.72. The van der Waals surface area contributed by atoms with Gasteiger partial charge in [0, 0.05) is 10.0 Å². The standard InChI is InChI=1S/C21H18Br2N2O3/c1-2-18(21(27)25-24-12-14-11-15(22)8-9-17(14)26)28-19-10-7-13-5-3-4-6-16(13)20(19)23/h3-12,18,26H,2H2,1H3,(H,25,27)/b24-12+. The van der Waals surface area contributed by atoms with Gasteiger partial charge in [0.15, 0.2) is 6.10 Å². The van der Waals surface area contributed by atoms with Crippen LogP contribution in [0, 0.1) is 0 Å². The summed E-state index contributed by atoms with van der Waals surface area (Å²) in [5, 5.41) is 15.8. The van der Waals surface area contributed by atoms with E-state index in [1.807, 2.05) is 43.3 Å². The highest BCUT2D eigenvalue weighted by molar-refractivity contribution is 9.11. The van der Waals surface area contributed by atoms with Gasteiger partial charge in [0.2, 0.25) is 0 Å².